The van der Waals surface area contributed by atoms with E-state index in [2.05, 4.69) is 9.99 Å². The summed E-state index contributed by atoms with van der Waals surface area (Å²) in [4.78, 5) is 4.64. The van der Waals surface area contributed by atoms with Gasteiger partial charge in [0.1, 0.15) is 7.11 Å². The Bertz CT molecular complexity index is 422. The van der Waals surface area contributed by atoms with E-state index in [0.717, 1.165) is 5.30 Å². The number of hydrogen-bond donors (Lipinski definition) is 0. The van der Waals surface area contributed by atoms with E-state index in [-0.39, 0.29) is 0 Å². The molecule has 0 heterocycles. The Morgan fingerprint density at radius 2 is 2.00 bits per heavy atom. The average molecular weight is 273 g/mol. The Hall–Kier alpha value is -0.900. The normalized spacial score (nSPS) is 15.1. The third kappa shape index (κ3) is 4.11. The Morgan fingerprint density at radius 1 is 1.35 bits per heavy atom. The van der Waals surface area contributed by atoms with Gasteiger partial charge >= 0.3 is 0 Å². The predicted molar refractivity (Wildman–Crippen MR) is 73.2 cm³/mol. The van der Waals surface area contributed by atoms with Crippen molar-refractivity contribution in [3.05, 3.63) is 30.3 Å². The van der Waals surface area contributed by atoms with Crippen LogP contribution in [0.3, 0.4) is 0 Å². The van der Waals surface area contributed by atoms with Crippen LogP contribution in [-0.2, 0) is 25.7 Å². The van der Waals surface area contributed by atoms with Crippen molar-refractivity contribution in [2.75, 3.05) is 13.7 Å². The molecule has 0 N–H and O–H groups in total. The van der Waals surface area contributed by atoms with Gasteiger partial charge in [0.2, 0.25) is 5.90 Å². The first-order valence-corrected chi connectivity index (χ1v) is 7.83. The van der Waals surface area contributed by atoms with Crippen LogP contribution >= 0.6 is 6.49 Å². The van der Waals surface area contributed by atoms with Gasteiger partial charge in [-0.2, -0.15) is 0 Å². The minimum absolute atomic E-state index is 0.369. The van der Waals surface area contributed by atoms with E-state index >= 15 is 0 Å². The number of benzene rings is 1. The van der Waals surface area contributed by atoms with Crippen molar-refractivity contribution >= 4 is 29.5 Å². The van der Waals surface area contributed by atoms with Gasteiger partial charge in [-0.25, -0.2) is 0 Å². The average Bonchev–Trinajstić information content (AvgIpc) is 2.30. The van der Waals surface area contributed by atoms with Crippen LogP contribution in [0.25, 0.3) is 0 Å². The summed E-state index contributed by atoms with van der Waals surface area (Å²) >= 11 is 5.49. The first-order valence-electron chi connectivity index (χ1n) is 5.20. The van der Waals surface area contributed by atoms with Crippen molar-refractivity contribution in [2.45, 2.75) is 13.8 Å². The molecule has 17 heavy (non-hydrogen) atoms. The highest BCUT2D eigenvalue weighted by Gasteiger charge is 2.23. The highest BCUT2D eigenvalue weighted by Crippen LogP contribution is 2.47. The zero-order valence-corrected chi connectivity index (χ0v) is 11.8. The van der Waals surface area contributed by atoms with E-state index in [0.29, 0.717) is 12.5 Å². The van der Waals surface area contributed by atoms with Crippen molar-refractivity contribution in [2.24, 2.45) is 5.16 Å². The van der Waals surface area contributed by atoms with E-state index in [4.69, 9.17) is 20.9 Å². The first kappa shape index (κ1) is 14.2. The minimum Gasteiger partial charge on any atom is -0.423 e. The third-order valence-electron chi connectivity index (χ3n) is 1.84. The predicted octanol–water partition coefficient (Wildman–Crippen LogP) is 2.65. The number of hydrogen-bond acceptors (Lipinski definition) is 5. The van der Waals surface area contributed by atoms with Crippen LogP contribution in [0.2, 0.25) is 0 Å². The lowest BCUT2D eigenvalue weighted by molar-refractivity contribution is 0.204. The minimum atomic E-state index is -2.53. The second-order valence-electron chi connectivity index (χ2n) is 3.13. The molecule has 0 aliphatic rings. The smallest absolute Gasteiger partial charge is 0.270 e. The number of nitrogens with zero attached hydrogens (tertiary/aromatic N) is 1. The second kappa shape index (κ2) is 6.74. The summed E-state index contributed by atoms with van der Waals surface area (Å²) in [6, 6.07) is 9.53. The molecule has 0 saturated carbocycles. The molecule has 1 unspecified atom stereocenters. The molecule has 0 bridgehead atoms. The van der Waals surface area contributed by atoms with Crippen molar-refractivity contribution in [1.82, 2.24) is 0 Å². The molecular formula is C11H16NO3PS. The van der Waals surface area contributed by atoms with Crippen LogP contribution in [0.5, 0.6) is 0 Å². The van der Waals surface area contributed by atoms with Gasteiger partial charge in [-0.1, -0.05) is 23.4 Å². The molecule has 0 aliphatic heterocycles. The molecule has 0 radical (unpaired) electrons. The Balaban J connectivity index is 2.98. The fraction of sp³-hybridized carbons (Fsp3) is 0.364. The third-order valence-corrected chi connectivity index (χ3v) is 5.05. The fourth-order valence-electron chi connectivity index (χ4n) is 1.25. The molecular weight excluding hydrogens is 257 g/mol. The molecule has 1 atom stereocenters. The van der Waals surface area contributed by atoms with E-state index < -0.39 is 6.49 Å². The molecule has 0 fully saturated rings. The van der Waals surface area contributed by atoms with Gasteiger partial charge in [-0.15, -0.1) is 0 Å². The van der Waals surface area contributed by atoms with Crippen LogP contribution in [0.1, 0.15) is 13.8 Å². The largest absolute Gasteiger partial charge is 0.423 e. The zero-order valence-electron chi connectivity index (χ0n) is 10.1. The van der Waals surface area contributed by atoms with Crippen LogP contribution in [0, 0.1) is 0 Å². The summed E-state index contributed by atoms with van der Waals surface area (Å²) in [6.07, 6.45) is 0. The molecule has 0 spiro atoms. The maximum Gasteiger partial charge on any atom is 0.270 e. The maximum atomic E-state index is 5.63. The van der Waals surface area contributed by atoms with Crippen LogP contribution < -0.4 is 5.30 Å². The van der Waals surface area contributed by atoms with Crippen molar-refractivity contribution in [3.8, 4) is 0 Å². The summed E-state index contributed by atoms with van der Waals surface area (Å²) in [5.41, 5.74) is 0. The van der Waals surface area contributed by atoms with Gasteiger partial charge in [0, 0.05) is 12.2 Å². The topological polar surface area (TPSA) is 40.0 Å². The summed E-state index contributed by atoms with van der Waals surface area (Å²) in [6.45, 7) is 1.53. The van der Waals surface area contributed by atoms with Crippen LogP contribution in [0.4, 0.5) is 0 Å². The Labute approximate surface area is 107 Å². The monoisotopic (exact) mass is 273 g/mol. The maximum absolute atomic E-state index is 5.63. The first-order chi connectivity index (χ1) is 8.12. The molecule has 1 aromatic rings. The molecule has 6 heteroatoms. The standard InChI is InChI=1S/C11H16NO3PS/c1-4-14-16(17,15-10(2)12-13-3)11-8-6-5-7-9-11/h5-9H,4H2,1-3H3. The molecule has 4 nitrogen and oxygen atoms in total. The lowest BCUT2D eigenvalue weighted by Crippen LogP contribution is -2.12. The summed E-state index contributed by atoms with van der Waals surface area (Å²) < 4.78 is 11.2. The Kier molecular flexibility index (Phi) is 5.62. The highest BCUT2D eigenvalue weighted by molar-refractivity contribution is 8.13. The van der Waals surface area contributed by atoms with Gasteiger partial charge < -0.3 is 13.9 Å². The number of oxime groups is 1. The van der Waals surface area contributed by atoms with E-state index in [1.807, 2.05) is 37.3 Å². The van der Waals surface area contributed by atoms with E-state index in [9.17, 15) is 0 Å². The lowest BCUT2D eigenvalue weighted by Gasteiger charge is -2.21. The molecule has 0 aromatic heterocycles. The molecule has 94 valence electrons. The van der Waals surface area contributed by atoms with E-state index in [1.165, 1.54) is 7.11 Å². The summed E-state index contributed by atoms with van der Waals surface area (Å²) in [5.74, 6) is 0.369. The van der Waals surface area contributed by atoms with Gasteiger partial charge in [0.25, 0.3) is 6.49 Å². The molecule has 0 saturated heterocycles. The highest BCUT2D eigenvalue weighted by atomic mass is 32.5. The van der Waals surface area contributed by atoms with Crippen molar-refractivity contribution < 1.29 is 13.9 Å². The number of rotatable bonds is 5. The van der Waals surface area contributed by atoms with Crippen LogP contribution in [-0.4, -0.2) is 19.6 Å². The fourth-order valence-corrected chi connectivity index (χ4v) is 3.82. The van der Waals surface area contributed by atoms with Crippen LogP contribution in [0.15, 0.2) is 35.5 Å². The molecule has 0 amide bonds. The van der Waals surface area contributed by atoms with Crippen molar-refractivity contribution in [3.63, 3.8) is 0 Å². The second-order valence-corrected chi connectivity index (χ2v) is 6.53. The summed E-state index contributed by atoms with van der Waals surface area (Å²) in [5, 5.41) is 4.56. The SMILES string of the molecule is CCOP(=S)(OC(C)=NOC)c1ccccc1. The zero-order chi connectivity index (χ0) is 12.7. The van der Waals surface area contributed by atoms with Gasteiger partial charge in [-0.3, -0.25) is 0 Å². The summed E-state index contributed by atoms with van der Waals surface area (Å²) in [7, 11) is 1.46. The van der Waals surface area contributed by atoms with Crippen molar-refractivity contribution in [1.29, 1.82) is 0 Å². The quantitative estimate of drug-likeness (QED) is 0.358. The van der Waals surface area contributed by atoms with Gasteiger partial charge in [0.05, 0.1) is 6.61 Å². The lowest BCUT2D eigenvalue weighted by atomic mass is 10.4. The molecule has 0 aliphatic carbocycles. The van der Waals surface area contributed by atoms with Gasteiger partial charge in [0.15, 0.2) is 0 Å². The van der Waals surface area contributed by atoms with E-state index in [1.54, 1.807) is 6.92 Å². The van der Waals surface area contributed by atoms with Gasteiger partial charge in [-0.05, 0) is 30.9 Å². The molecule has 1 aromatic carbocycles. The Morgan fingerprint density at radius 3 is 2.53 bits per heavy atom. The molecule has 1 rings (SSSR count).